The molecule has 3 rings (SSSR count). The third-order valence-corrected chi connectivity index (χ3v) is 5.30. The van der Waals surface area contributed by atoms with E-state index in [0.29, 0.717) is 23.6 Å². The number of hydrogen-bond acceptors (Lipinski definition) is 4. The van der Waals surface area contributed by atoms with Crippen LogP contribution in [0.25, 0.3) is 0 Å². The highest BCUT2D eigenvalue weighted by Crippen LogP contribution is 2.22. The molecule has 0 aliphatic heterocycles. The normalized spacial score (nSPS) is 11.0. The van der Waals surface area contributed by atoms with Crippen molar-refractivity contribution < 1.29 is 17.9 Å². The van der Waals surface area contributed by atoms with Crippen LogP contribution in [0.5, 0.6) is 5.75 Å². The minimum atomic E-state index is -3.76. The fourth-order valence-electron chi connectivity index (χ4n) is 2.47. The van der Waals surface area contributed by atoms with Crippen LogP contribution in [0.15, 0.2) is 83.8 Å². The molecule has 0 unspecified atom stereocenters. The van der Waals surface area contributed by atoms with Gasteiger partial charge < -0.3 is 4.74 Å². The van der Waals surface area contributed by atoms with E-state index in [4.69, 9.17) is 4.74 Å². The van der Waals surface area contributed by atoms with Crippen molar-refractivity contribution in [3.63, 3.8) is 0 Å². The maximum Gasteiger partial charge on any atom is 0.261 e. The molecule has 27 heavy (non-hydrogen) atoms. The van der Waals surface area contributed by atoms with Gasteiger partial charge in [0.1, 0.15) is 12.4 Å². The summed E-state index contributed by atoms with van der Waals surface area (Å²) in [6.07, 6.45) is 0. The van der Waals surface area contributed by atoms with Crippen LogP contribution in [0.4, 0.5) is 5.69 Å². The predicted molar refractivity (Wildman–Crippen MR) is 104 cm³/mol. The number of ether oxygens (including phenoxy) is 1. The van der Waals surface area contributed by atoms with Gasteiger partial charge in [0.15, 0.2) is 5.78 Å². The Labute approximate surface area is 158 Å². The quantitative estimate of drug-likeness (QED) is 0.621. The SMILES string of the molecule is CC(=O)c1ccc(S(=O)(=O)Nc2cccc(OCc3ccccc3)c2)cc1. The van der Waals surface area contributed by atoms with Gasteiger partial charge in [-0.25, -0.2) is 8.42 Å². The van der Waals surface area contributed by atoms with Gasteiger partial charge in [-0.05, 0) is 36.8 Å². The molecular weight excluding hydrogens is 362 g/mol. The molecule has 0 saturated carbocycles. The zero-order valence-electron chi connectivity index (χ0n) is 14.8. The molecule has 5 nitrogen and oxygen atoms in total. The second-order valence-electron chi connectivity index (χ2n) is 5.99. The Morgan fingerprint density at radius 2 is 1.63 bits per heavy atom. The van der Waals surface area contributed by atoms with Crippen LogP contribution in [0.2, 0.25) is 0 Å². The van der Waals surface area contributed by atoms with Gasteiger partial charge in [-0.3, -0.25) is 9.52 Å². The highest BCUT2D eigenvalue weighted by atomic mass is 32.2. The molecule has 0 spiro atoms. The number of ketones is 1. The Bertz CT molecular complexity index is 1030. The number of sulfonamides is 1. The molecule has 138 valence electrons. The van der Waals surface area contributed by atoms with E-state index in [0.717, 1.165) is 5.56 Å². The molecule has 0 fully saturated rings. The van der Waals surface area contributed by atoms with E-state index >= 15 is 0 Å². The molecule has 0 heterocycles. The monoisotopic (exact) mass is 381 g/mol. The van der Waals surface area contributed by atoms with Crippen LogP contribution in [0, 0.1) is 0 Å². The molecule has 0 aliphatic rings. The molecule has 3 aromatic rings. The highest BCUT2D eigenvalue weighted by molar-refractivity contribution is 7.92. The van der Waals surface area contributed by atoms with Crippen molar-refractivity contribution in [2.75, 3.05) is 4.72 Å². The van der Waals surface area contributed by atoms with Crippen LogP contribution in [-0.2, 0) is 16.6 Å². The maximum atomic E-state index is 12.5. The van der Waals surface area contributed by atoms with Gasteiger partial charge in [0.2, 0.25) is 0 Å². The molecule has 0 aromatic heterocycles. The molecule has 0 radical (unpaired) electrons. The first-order valence-corrected chi connectivity index (χ1v) is 9.83. The van der Waals surface area contributed by atoms with Crippen molar-refractivity contribution in [1.29, 1.82) is 0 Å². The minimum absolute atomic E-state index is 0.0862. The lowest BCUT2D eigenvalue weighted by atomic mass is 10.2. The Hall–Kier alpha value is -3.12. The summed E-state index contributed by atoms with van der Waals surface area (Å²) in [6, 6.07) is 22.3. The van der Waals surface area contributed by atoms with Crippen LogP contribution >= 0.6 is 0 Å². The standard InChI is InChI=1S/C21H19NO4S/c1-16(23)18-10-12-21(13-11-18)27(24,25)22-19-8-5-9-20(14-19)26-15-17-6-3-2-4-7-17/h2-14,22H,15H2,1H3. The van der Waals surface area contributed by atoms with E-state index in [2.05, 4.69) is 4.72 Å². The van der Waals surface area contributed by atoms with E-state index in [1.165, 1.54) is 31.2 Å². The zero-order chi connectivity index (χ0) is 19.3. The Morgan fingerprint density at radius 1 is 0.926 bits per heavy atom. The molecule has 0 atom stereocenters. The minimum Gasteiger partial charge on any atom is -0.489 e. The summed E-state index contributed by atoms with van der Waals surface area (Å²) in [5, 5.41) is 0. The van der Waals surface area contributed by atoms with Crippen molar-refractivity contribution in [2.24, 2.45) is 0 Å². The van der Waals surface area contributed by atoms with Gasteiger partial charge >= 0.3 is 0 Å². The molecule has 1 N–H and O–H groups in total. The molecule has 3 aromatic carbocycles. The third-order valence-electron chi connectivity index (χ3n) is 3.91. The number of carbonyl (C=O) groups excluding carboxylic acids is 1. The second kappa shape index (κ2) is 8.05. The smallest absolute Gasteiger partial charge is 0.261 e. The van der Waals surface area contributed by atoms with E-state index in [-0.39, 0.29) is 10.7 Å². The number of nitrogens with one attached hydrogen (secondary N) is 1. The maximum absolute atomic E-state index is 12.5. The number of benzene rings is 3. The van der Waals surface area contributed by atoms with Crippen LogP contribution in [0.3, 0.4) is 0 Å². The third kappa shape index (κ3) is 4.95. The van der Waals surface area contributed by atoms with Crippen molar-refractivity contribution in [3.8, 4) is 5.75 Å². The first-order chi connectivity index (χ1) is 12.9. The summed E-state index contributed by atoms with van der Waals surface area (Å²) < 4.78 is 33.3. The van der Waals surface area contributed by atoms with Crippen molar-refractivity contribution >= 4 is 21.5 Å². The van der Waals surface area contributed by atoms with Crippen LogP contribution in [-0.4, -0.2) is 14.2 Å². The summed E-state index contributed by atoms with van der Waals surface area (Å²) >= 11 is 0. The van der Waals surface area contributed by atoms with Crippen molar-refractivity contribution in [3.05, 3.63) is 90.0 Å². The molecule has 0 bridgehead atoms. The summed E-state index contributed by atoms with van der Waals surface area (Å²) in [4.78, 5) is 11.4. The number of rotatable bonds is 7. The van der Waals surface area contributed by atoms with Crippen LogP contribution < -0.4 is 9.46 Å². The average Bonchev–Trinajstić information content (AvgIpc) is 2.67. The van der Waals surface area contributed by atoms with E-state index < -0.39 is 10.0 Å². The first-order valence-electron chi connectivity index (χ1n) is 8.35. The van der Waals surface area contributed by atoms with Crippen LogP contribution in [0.1, 0.15) is 22.8 Å². The first kappa shape index (κ1) is 18.7. The summed E-state index contributed by atoms with van der Waals surface area (Å²) in [6.45, 7) is 1.83. The summed E-state index contributed by atoms with van der Waals surface area (Å²) in [5.41, 5.74) is 1.88. The fourth-order valence-corrected chi connectivity index (χ4v) is 3.52. The van der Waals surface area contributed by atoms with Gasteiger partial charge in [-0.15, -0.1) is 0 Å². The predicted octanol–water partition coefficient (Wildman–Crippen LogP) is 4.27. The van der Waals surface area contributed by atoms with Gasteiger partial charge in [-0.1, -0.05) is 48.5 Å². The molecule has 6 heteroatoms. The largest absolute Gasteiger partial charge is 0.489 e. The second-order valence-corrected chi connectivity index (χ2v) is 7.67. The number of hydrogen-bond donors (Lipinski definition) is 1. The van der Waals surface area contributed by atoms with Crippen molar-refractivity contribution in [1.82, 2.24) is 0 Å². The topological polar surface area (TPSA) is 72.5 Å². The average molecular weight is 381 g/mol. The Morgan fingerprint density at radius 3 is 2.30 bits per heavy atom. The van der Waals surface area contributed by atoms with Gasteiger partial charge in [0.05, 0.1) is 10.6 Å². The van der Waals surface area contributed by atoms with Gasteiger partial charge in [-0.2, -0.15) is 0 Å². The summed E-state index contributed by atoms with van der Waals surface area (Å²) in [5.74, 6) is 0.446. The molecule has 0 aliphatic carbocycles. The Balaban J connectivity index is 1.72. The lowest BCUT2D eigenvalue weighted by Gasteiger charge is -2.11. The number of Topliss-reactive ketones (excluding diaryl/α,β-unsaturated/α-hetero) is 1. The summed E-state index contributed by atoms with van der Waals surface area (Å²) in [7, 11) is -3.76. The van der Waals surface area contributed by atoms with Crippen molar-refractivity contribution in [2.45, 2.75) is 18.4 Å². The lowest BCUT2D eigenvalue weighted by Crippen LogP contribution is -2.13. The molecule has 0 saturated heterocycles. The lowest BCUT2D eigenvalue weighted by molar-refractivity contribution is 0.101. The van der Waals surface area contributed by atoms with E-state index in [9.17, 15) is 13.2 Å². The van der Waals surface area contributed by atoms with E-state index in [1.54, 1.807) is 24.3 Å². The number of carbonyl (C=O) groups is 1. The molecule has 0 amide bonds. The van der Waals surface area contributed by atoms with E-state index in [1.807, 2.05) is 30.3 Å². The zero-order valence-corrected chi connectivity index (χ0v) is 15.6. The van der Waals surface area contributed by atoms with Gasteiger partial charge in [0, 0.05) is 11.6 Å². The number of anilines is 1. The Kier molecular flexibility index (Phi) is 5.57. The van der Waals surface area contributed by atoms with Gasteiger partial charge in [0.25, 0.3) is 10.0 Å². The highest BCUT2D eigenvalue weighted by Gasteiger charge is 2.15. The molecular formula is C21H19NO4S. The fraction of sp³-hybridized carbons (Fsp3) is 0.0952.